The molecule has 118 valence electrons. The van der Waals surface area contributed by atoms with E-state index in [2.05, 4.69) is 35.9 Å². The Morgan fingerprint density at radius 2 is 1.80 bits per heavy atom. The third kappa shape index (κ3) is 4.44. The molecule has 20 heavy (non-hydrogen) atoms. The Morgan fingerprint density at radius 3 is 2.40 bits per heavy atom. The van der Waals surface area contributed by atoms with Gasteiger partial charge in [0.2, 0.25) is 0 Å². The summed E-state index contributed by atoms with van der Waals surface area (Å²) in [4.78, 5) is 5.32. The van der Waals surface area contributed by atoms with Gasteiger partial charge in [-0.25, -0.2) is 0 Å². The van der Waals surface area contributed by atoms with Crippen LogP contribution in [-0.2, 0) is 0 Å². The summed E-state index contributed by atoms with van der Waals surface area (Å²) in [5.41, 5.74) is 0.544. The predicted octanol–water partition coefficient (Wildman–Crippen LogP) is 2.43. The molecule has 1 aliphatic carbocycles. The van der Waals surface area contributed by atoms with E-state index >= 15 is 0 Å². The second kappa shape index (κ2) is 7.77. The zero-order valence-corrected chi connectivity index (χ0v) is 14.0. The van der Waals surface area contributed by atoms with Crippen LogP contribution in [0, 0.1) is 11.3 Å². The summed E-state index contributed by atoms with van der Waals surface area (Å²) in [5.74, 6) is 0.916. The molecule has 0 aromatic rings. The zero-order chi connectivity index (χ0) is 14.4. The minimum absolute atomic E-state index is 0.544. The standard InChI is InChI=1S/C17H35N3/c1-4-18-14-17(8-6-7-16(3)13-17)15-20-11-9-19(5-2)10-12-20/h16,18H,4-15H2,1-3H3. The van der Waals surface area contributed by atoms with Gasteiger partial charge in [0.1, 0.15) is 0 Å². The van der Waals surface area contributed by atoms with Crippen LogP contribution < -0.4 is 5.32 Å². The Labute approximate surface area is 126 Å². The molecule has 2 aliphatic rings. The molecule has 0 aromatic heterocycles. The van der Waals surface area contributed by atoms with E-state index in [4.69, 9.17) is 0 Å². The number of hydrogen-bond acceptors (Lipinski definition) is 3. The van der Waals surface area contributed by atoms with Crippen molar-refractivity contribution in [3.05, 3.63) is 0 Å². The number of nitrogens with zero attached hydrogens (tertiary/aromatic N) is 2. The average Bonchev–Trinajstić information content (AvgIpc) is 2.46. The Bertz CT molecular complexity index is 273. The summed E-state index contributed by atoms with van der Waals surface area (Å²) in [6, 6.07) is 0. The Kier molecular flexibility index (Phi) is 6.31. The molecule has 1 saturated heterocycles. The minimum atomic E-state index is 0.544. The van der Waals surface area contributed by atoms with Gasteiger partial charge >= 0.3 is 0 Å². The summed E-state index contributed by atoms with van der Waals surface area (Å²) >= 11 is 0. The van der Waals surface area contributed by atoms with Gasteiger partial charge in [-0.15, -0.1) is 0 Å². The molecule has 0 radical (unpaired) electrons. The Hall–Kier alpha value is -0.120. The topological polar surface area (TPSA) is 18.5 Å². The van der Waals surface area contributed by atoms with Crippen LogP contribution in [0.15, 0.2) is 0 Å². The van der Waals surface area contributed by atoms with Crippen molar-refractivity contribution in [3.63, 3.8) is 0 Å². The van der Waals surface area contributed by atoms with Gasteiger partial charge in [0.15, 0.2) is 0 Å². The van der Waals surface area contributed by atoms with Crippen LogP contribution in [-0.4, -0.2) is 62.2 Å². The van der Waals surface area contributed by atoms with Crippen LogP contribution in [0.3, 0.4) is 0 Å². The Morgan fingerprint density at radius 1 is 1.10 bits per heavy atom. The van der Waals surface area contributed by atoms with Crippen molar-refractivity contribution in [2.24, 2.45) is 11.3 Å². The summed E-state index contributed by atoms with van der Waals surface area (Å²) in [6.07, 6.45) is 5.73. The molecule has 3 nitrogen and oxygen atoms in total. The summed E-state index contributed by atoms with van der Waals surface area (Å²) in [7, 11) is 0. The fraction of sp³-hybridized carbons (Fsp3) is 1.00. The SMILES string of the molecule is CCNCC1(CN2CCN(CC)CC2)CCCC(C)C1. The molecule has 1 heterocycles. The van der Waals surface area contributed by atoms with Crippen molar-refractivity contribution < 1.29 is 0 Å². The monoisotopic (exact) mass is 281 g/mol. The average molecular weight is 281 g/mol. The minimum Gasteiger partial charge on any atom is -0.316 e. The van der Waals surface area contributed by atoms with Crippen LogP contribution in [0.1, 0.15) is 46.5 Å². The molecule has 2 atom stereocenters. The molecular weight excluding hydrogens is 246 g/mol. The molecular formula is C17H35N3. The lowest BCUT2D eigenvalue weighted by atomic mass is 9.69. The highest BCUT2D eigenvalue weighted by molar-refractivity contribution is 4.90. The lowest BCUT2D eigenvalue weighted by molar-refractivity contribution is 0.0507. The molecule has 0 spiro atoms. The predicted molar refractivity (Wildman–Crippen MR) is 87.2 cm³/mol. The zero-order valence-electron chi connectivity index (χ0n) is 14.0. The summed E-state index contributed by atoms with van der Waals surface area (Å²) in [5, 5.41) is 3.65. The molecule has 0 bridgehead atoms. The van der Waals surface area contributed by atoms with Gasteiger partial charge in [0.25, 0.3) is 0 Å². The van der Waals surface area contributed by atoms with Gasteiger partial charge < -0.3 is 15.1 Å². The van der Waals surface area contributed by atoms with Crippen LogP contribution in [0.25, 0.3) is 0 Å². The fourth-order valence-electron chi connectivity index (χ4n) is 4.26. The van der Waals surface area contributed by atoms with E-state index < -0.39 is 0 Å². The number of likely N-dealkylation sites (N-methyl/N-ethyl adjacent to an activating group) is 1. The quantitative estimate of drug-likeness (QED) is 0.807. The normalized spacial score (nSPS) is 33.5. The van der Waals surface area contributed by atoms with Crippen molar-refractivity contribution in [1.82, 2.24) is 15.1 Å². The van der Waals surface area contributed by atoms with Crippen molar-refractivity contribution in [1.29, 1.82) is 0 Å². The molecule has 2 rings (SSSR count). The molecule has 2 unspecified atom stereocenters. The highest BCUT2D eigenvalue weighted by Crippen LogP contribution is 2.39. The molecule has 1 saturated carbocycles. The van der Waals surface area contributed by atoms with Crippen molar-refractivity contribution in [3.8, 4) is 0 Å². The second-order valence-electron chi connectivity index (χ2n) is 7.19. The first kappa shape index (κ1) is 16.3. The summed E-state index contributed by atoms with van der Waals surface area (Å²) in [6.45, 7) is 16.9. The lowest BCUT2D eigenvalue weighted by Gasteiger charge is -2.45. The van der Waals surface area contributed by atoms with Crippen LogP contribution >= 0.6 is 0 Å². The smallest absolute Gasteiger partial charge is 0.0110 e. The second-order valence-corrected chi connectivity index (χ2v) is 7.19. The van der Waals surface area contributed by atoms with E-state index in [1.807, 2.05) is 0 Å². The maximum Gasteiger partial charge on any atom is 0.0110 e. The summed E-state index contributed by atoms with van der Waals surface area (Å²) < 4.78 is 0. The third-order valence-electron chi connectivity index (χ3n) is 5.41. The molecule has 3 heteroatoms. The van der Waals surface area contributed by atoms with Gasteiger partial charge in [-0.2, -0.15) is 0 Å². The van der Waals surface area contributed by atoms with Crippen molar-refractivity contribution in [2.75, 3.05) is 52.4 Å². The van der Waals surface area contributed by atoms with E-state index in [0.717, 1.165) is 12.5 Å². The van der Waals surface area contributed by atoms with E-state index in [-0.39, 0.29) is 0 Å². The highest BCUT2D eigenvalue weighted by Gasteiger charge is 2.36. The van der Waals surface area contributed by atoms with Crippen LogP contribution in [0.4, 0.5) is 0 Å². The van der Waals surface area contributed by atoms with E-state index in [1.165, 1.54) is 71.5 Å². The van der Waals surface area contributed by atoms with Gasteiger partial charge in [0.05, 0.1) is 0 Å². The van der Waals surface area contributed by atoms with E-state index in [0.29, 0.717) is 5.41 Å². The van der Waals surface area contributed by atoms with Gasteiger partial charge in [-0.3, -0.25) is 0 Å². The number of rotatable bonds is 6. The van der Waals surface area contributed by atoms with Gasteiger partial charge in [-0.1, -0.05) is 33.6 Å². The molecule has 2 fully saturated rings. The first-order chi connectivity index (χ1) is 9.67. The first-order valence-corrected chi connectivity index (χ1v) is 8.83. The van der Waals surface area contributed by atoms with Crippen LogP contribution in [0.5, 0.6) is 0 Å². The first-order valence-electron chi connectivity index (χ1n) is 8.83. The number of nitrogens with one attached hydrogen (secondary N) is 1. The van der Waals surface area contributed by atoms with Gasteiger partial charge in [0, 0.05) is 39.3 Å². The molecule has 1 N–H and O–H groups in total. The van der Waals surface area contributed by atoms with E-state index in [9.17, 15) is 0 Å². The fourth-order valence-corrected chi connectivity index (χ4v) is 4.26. The molecule has 1 aliphatic heterocycles. The largest absolute Gasteiger partial charge is 0.316 e. The van der Waals surface area contributed by atoms with Crippen molar-refractivity contribution >= 4 is 0 Å². The Balaban J connectivity index is 1.90. The number of hydrogen-bond donors (Lipinski definition) is 1. The molecule has 0 amide bonds. The maximum absolute atomic E-state index is 3.65. The third-order valence-corrected chi connectivity index (χ3v) is 5.41. The van der Waals surface area contributed by atoms with Crippen LogP contribution in [0.2, 0.25) is 0 Å². The maximum atomic E-state index is 3.65. The lowest BCUT2D eigenvalue weighted by Crippen LogP contribution is -2.52. The highest BCUT2D eigenvalue weighted by atomic mass is 15.3. The van der Waals surface area contributed by atoms with E-state index in [1.54, 1.807) is 0 Å². The van der Waals surface area contributed by atoms with Gasteiger partial charge in [-0.05, 0) is 37.3 Å². The molecule has 0 aromatic carbocycles. The van der Waals surface area contributed by atoms with Crippen molar-refractivity contribution in [2.45, 2.75) is 46.5 Å². The number of piperazine rings is 1.